The zero-order valence-corrected chi connectivity index (χ0v) is 14.4. The second kappa shape index (κ2) is 6.99. The predicted octanol–water partition coefficient (Wildman–Crippen LogP) is 4.12. The largest absolute Gasteiger partial charge is 0.497 e. The van der Waals surface area contributed by atoms with Gasteiger partial charge in [-0.15, -0.1) is 0 Å². The Kier molecular flexibility index (Phi) is 4.76. The Hall–Kier alpha value is -2.79. The van der Waals surface area contributed by atoms with Crippen LogP contribution in [-0.2, 0) is 11.3 Å². The lowest BCUT2D eigenvalue weighted by atomic mass is 10.1. The van der Waals surface area contributed by atoms with Crippen molar-refractivity contribution >= 4 is 28.5 Å². The van der Waals surface area contributed by atoms with Crippen LogP contribution >= 0.6 is 11.6 Å². The van der Waals surface area contributed by atoms with E-state index in [0.29, 0.717) is 32.9 Å². The number of fused-ring (bicyclic) bond motifs is 1. The van der Waals surface area contributed by atoms with E-state index in [1.54, 1.807) is 36.4 Å². The molecule has 0 aliphatic carbocycles. The normalized spacial score (nSPS) is 10.7. The van der Waals surface area contributed by atoms with Gasteiger partial charge in [-0.25, -0.2) is 9.59 Å². The lowest BCUT2D eigenvalue weighted by molar-refractivity contribution is 0.0473. The number of benzene rings is 2. The highest BCUT2D eigenvalue weighted by atomic mass is 35.5. The van der Waals surface area contributed by atoms with Crippen molar-refractivity contribution in [1.29, 1.82) is 0 Å². The molecule has 0 aliphatic rings. The number of carbonyl (C=O) groups excluding carboxylic acids is 1. The maximum absolute atomic E-state index is 12.2. The molecule has 0 fully saturated rings. The number of aryl methyl sites for hydroxylation is 1. The van der Waals surface area contributed by atoms with Crippen LogP contribution in [0, 0.1) is 6.92 Å². The minimum absolute atomic E-state index is 0.0719. The van der Waals surface area contributed by atoms with Gasteiger partial charge >= 0.3 is 11.6 Å². The number of esters is 1. The summed E-state index contributed by atoms with van der Waals surface area (Å²) < 4.78 is 15.6. The van der Waals surface area contributed by atoms with E-state index >= 15 is 0 Å². The number of hydrogen-bond donors (Lipinski definition) is 0. The highest BCUT2D eigenvalue weighted by molar-refractivity contribution is 6.32. The fourth-order valence-corrected chi connectivity index (χ4v) is 2.61. The highest BCUT2D eigenvalue weighted by Crippen LogP contribution is 2.25. The molecule has 0 spiro atoms. The van der Waals surface area contributed by atoms with Crippen molar-refractivity contribution in [1.82, 2.24) is 0 Å². The van der Waals surface area contributed by atoms with Gasteiger partial charge in [0.15, 0.2) is 0 Å². The molecule has 128 valence electrons. The SMILES string of the molecule is COc1cccc(C(=O)OCc2cc(=O)oc3cc(C)c(Cl)cc23)c1. The van der Waals surface area contributed by atoms with Gasteiger partial charge in [-0.2, -0.15) is 0 Å². The molecule has 25 heavy (non-hydrogen) atoms. The van der Waals surface area contributed by atoms with Gasteiger partial charge in [0.05, 0.1) is 12.7 Å². The molecule has 3 aromatic rings. The van der Waals surface area contributed by atoms with Gasteiger partial charge < -0.3 is 13.9 Å². The quantitative estimate of drug-likeness (QED) is 0.518. The Morgan fingerprint density at radius 3 is 2.76 bits per heavy atom. The lowest BCUT2D eigenvalue weighted by Gasteiger charge is -2.09. The molecule has 0 unspecified atom stereocenters. The molecule has 3 rings (SSSR count). The van der Waals surface area contributed by atoms with Gasteiger partial charge in [-0.05, 0) is 42.8 Å². The van der Waals surface area contributed by atoms with Gasteiger partial charge in [0, 0.05) is 22.0 Å². The second-order valence-electron chi connectivity index (χ2n) is 5.50. The molecule has 0 atom stereocenters. The molecule has 6 heteroatoms. The molecule has 0 amide bonds. The van der Waals surface area contributed by atoms with Crippen molar-refractivity contribution in [2.45, 2.75) is 13.5 Å². The van der Waals surface area contributed by atoms with Crippen molar-refractivity contribution in [2.24, 2.45) is 0 Å². The number of hydrogen-bond acceptors (Lipinski definition) is 5. The van der Waals surface area contributed by atoms with E-state index in [2.05, 4.69) is 0 Å². The molecule has 5 nitrogen and oxygen atoms in total. The molecule has 2 aromatic carbocycles. The summed E-state index contributed by atoms with van der Waals surface area (Å²) in [6.45, 7) is 1.74. The van der Waals surface area contributed by atoms with E-state index in [4.69, 9.17) is 25.5 Å². The number of ether oxygens (including phenoxy) is 2. The van der Waals surface area contributed by atoms with E-state index in [0.717, 1.165) is 5.56 Å². The van der Waals surface area contributed by atoms with Gasteiger partial charge in [0.2, 0.25) is 0 Å². The van der Waals surface area contributed by atoms with Crippen LogP contribution in [0.15, 0.2) is 51.7 Å². The summed E-state index contributed by atoms with van der Waals surface area (Å²) >= 11 is 6.15. The Bertz CT molecular complexity index is 1010. The first kappa shape index (κ1) is 17.0. The summed E-state index contributed by atoms with van der Waals surface area (Å²) in [7, 11) is 1.52. The smallest absolute Gasteiger partial charge is 0.338 e. The molecule has 0 N–H and O–H groups in total. The zero-order valence-electron chi connectivity index (χ0n) is 13.7. The van der Waals surface area contributed by atoms with E-state index in [9.17, 15) is 9.59 Å². The fourth-order valence-electron chi connectivity index (χ4n) is 2.44. The minimum Gasteiger partial charge on any atom is -0.497 e. The Morgan fingerprint density at radius 1 is 1.20 bits per heavy atom. The average Bonchev–Trinajstić information content (AvgIpc) is 2.61. The molecular formula is C19H15ClO5. The fraction of sp³-hybridized carbons (Fsp3) is 0.158. The van der Waals surface area contributed by atoms with Crippen molar-refractivity contribution in [3.05, 3.63) is 74.6 Å². The van der Waals surface area contributed by atoms with Gasteiger partial charge in [0.25, 0.3) is 0 Å². The summed E-state index contributed by atoms with van der Waals surface area (Å²) in [5.74, 6) is 0.0426. The standard InChI is InChI=1S/C19H15ClO5/c1-11-6-17-15(9-16(11)20)13(8-18(21)25-17)10-24-19(22)12-4-3-5-14(7-12)23-2/h3-9H,10H2,1-2H3. The van der Waals surface area contributed by atoms with Gasteiger partial charge in [0.1, 0.15) is 17.9 Å². The third-order valence-electron chi connectivity index (χ3n) is 3.77. The first-order chi connectivity index (χ1) is 12.0. The van der Waals surface area contributed by atoms with Crippen molar-refractivity contribution in [2.75, 3.05) is 7.11 Å². The zero-order chi connectivity index (χ0) is 18.0. The lowest BCUT2D eigenvalue weighted by Crippen LogP contribution is -2.08. The first-order valence-electron chi connectivity index (χ1n) is 7.52. The summed E-state index contributed by atoms with van der Waals surface area (Å²) in [5, 5.41) is 1.18. The molecular weight excluding hydrogens is 344 g/mol. The maximum atomic E-state index is 12.2. The van der Waals surface area contributed by atoms with Crippen LogP contribution in [0.25, 0.3) is 11.0 Å². The third-order valence-corrected chi connectivity index (χ3v) is 4.18. The van der Waals surface area contributed by atoms with Crippen molar-refractivity contribution < 1.29 is 18.7 Å². The monoisotopic (exact) mass is 358 g/mol. The third kappa shape index (κ3) is 3.67. The predicted molar refractivity (Wildman–Crippen MR) is 94.3 cm³/mol. The first-order valence-corrected chi connectivity index (χ1v) is 7.90. The average molecular weight is 359 g/mol. The number of carbonyl (C=O) groups is 1. The van der Waals surface area contributed by atoms with Crippen LogP contribution in [0.1, 0.15) is 21.5 Å². The number of rotatable bonds is 4. The molecule has 1 aromatic heterocycles. The number of halogens is 1. The summed E-state index contributed by atoms with van der Waals surface area (Å²) in [6.07, 6.45) is 0. The van der Waals surface area contributed by atoms with Crippen LogP contribution in [0.5, 0.6) is 5.75 Å². The van der Waals surface area contributed by atoms with Crippen LogP contribution in [0.4, 0.5) is 0 Å². The Balaban J connectivity index is 1.89. The summed E-state index contributed by atoms with van der Waals surface area (Å²) in [4.78, 5) is 24.0. The van der Waals surface area contributed by atoms with Gasteiger partial charge in [-0.1, -0.05) is 17.7 Å². The van der Waals surface area contributed by atoms with Crippen molar-refractivity contribution in [3.8, 4) is 5.75 Å². The molecule has 0 aliphatic heterocycles. The van der Waals surface area contributed by atoms with E-state index in [1.165, 1.54) is 13.2 Å². The van der Waals surface area contributed by atoms with Crippen LogP contribution in [0.3, 0.4) is 0 Å². The topological polar surface area (TPSA) is 65.7 Å². The molecule has 1 heterocycles. The summed E-state index contributed by atoms with van der Waals surface area (Å²) in [5.41, 5.74) is 1.58. The molecule has 0 saturated carbocycles. The second-order valence-corrected chi connectivity index (χ2v) is 5.90. The van der Waals surface area contributed by atoms with Crippen LogP contribution in [-0.4, -0.2) is 13.1 Å². The molecule has 0 saturated heterocycles. The molecule has 0 radical (unpaired) electrons. The van der Waals surface area contributed by atoms with E-state index in [-0.39, 0.29) is 6.61 Å². The highest BCUT2D eigenvalue weighted by Gasteiger charge is 2.12. The number of methoxy groups -OCH3 is 1. The van der Waals surface area contributed by atoms with Crippen LogP contribution in [0.2, 0.25) is 5.02 Å². The maximum Gasteiger partial charge on any atom is 0.338 e. The van der Waals surface area contributed by atoms with Crippen LogP contribution < -0.4 is 10.4 Å². The van der Waals surface area contributed by atoms with Gasteiger partial charge in [-0.3, -0.25) is 0 Å². The van der Waals surface area contributed by atoms with Crippen molar-refractivity contribution in [3.63, 3.8) is 0 Å². The van der Waals surface area contributed by atoms with E-state index in [1.807, 2.05) is 6.92 Å². The minimum atomic E-state index is -0.515. The summed E-state index contributed by atoms with van der Waals surface area (Å²) in [6, 6.07) is 11.3. The molecule has 0 bridgehead atoms. The Labute approximate surface area is 148 Å². The Morgan fingerprint density at radius 2 is 2.00 bits per heavy atom. The van der Waals surface area contributed by atoms with E-state index < -0.39 is 11.6 Å².